The van der Waals surface area contributed by atoms with Gasteiger partial charge in [-0.05, 0) is 31.5 Å². The van der Waals surface area contributed by atoms with Gasteiger partial charge in [0.25, 0.3) is 11.7 Å². The Bertz CT molecular complexity index is 1040. The molecule has 0 spiro atoms. The molecule has 3 aromatic rings. The molecule has 0 bridgehead atoms. The zero-order valence-corrected chi connectivity index (χ0v) is 17.2. The number of nitrogens with one attached hydrogen (secondary N) is 1. The van der Waals surface area contributed by atoms with Crippen LogP contribution in [0, 0.1) is 19.7 Å². The minimum absolute atomic E-state index is 0.197. The average molecular weight is 416 g/mol. The number of aryl methyl sites for hydroxylation is 1. The molecule has 1 aromatic carbocycles. The van der Waals surface area contributed by atoms with Crippen molar-refractivity contribution in [2.24, 2.45) is 0 Å². The number of nitrogens with zero attached hydrogens (tertiary/aromatic N) is 3. The van der Waals surface area contributed by atoms with Crippen LogP contribution in [0.25, 0.3) is 0 Å². The van der Waals surface area contributed by atoms with E-state index in [2.05, 4.69) is 15.5 Å². The molecule has 29 heavy (non-hydrogen) atoms. The van der Waals surface area contributed by atoms with Crippen LogP contribution < -0.4 is 5.32 Å². The van der Waals surface area contributed by atoms with E-state index in [0.29, 0.717) is 35.0 Å². The van der Waals surface area contributed by atoms with E-state index in [-0.39, 0.29) is 17.4 Å². The molecule has 152 valence electrons. The summed E-state index contributed by atoms with van der Waals surface area (Å²) in [4.78, 5) is 25.0. The van der Waals surface area contributed by atoms with Gasteiger partial charge in [0.2, 0.25) is 5.13 Å². The highest BCUT2D eigenvalue weighted by molar-refractivity contribution is 7.15. The lowest BCUT2D eigenvalue weighted by Crippen LogP contribution is -2.23. The first-order valence-corrected chi connectivity index (χ1v) is 9.79. The van der Waals surface area contributed by atoms with E-state index in [9.17, 15) is 14.0 Å². The van der Waals surface area contributed by atoms with Gasteiger partial charge >= 0.3 is 0 Å². The number of ketones is 1. The monoisotopic (exact) mass is 416 g/mol. The maximum absolute atomic E-state index is 13.8. The van der Waals surface area contributed by atoms with Crippen LogP contribution in [0.15, 0.2) is 30.3 Å². The molecule has 2 heterocycles. The number of carbonyl (C=O) groups excluding carboxylic acids is 2. The fourth-order valence-corrected chi connectivity index (χ4v) is 3.77. The second-order valence-corrected chi connectivity index (χ2v) is 7.54. The topological polar surface area (TPSA) is 86.1 Å². The minimum Gasteiger partial charge on any atom is -0.383 e. The largest absolute Gasteiger partial charge is 0.383 e. The molecule has 1 amide bonds. The Morgan fingerprint density at radius 2 is 2.00 bits per heavy atom. The van der Waals surface area contributed by atoms with E-state index in [0.717, 1.165) is 17.0 Å². The van der Waals surface area contributed by atoms with Gasteiger partial charge in [0, 0.05) is 37.0 Å². The van der Waals surface area contributed by atoms with Crippen LogP contribution in [0.5, 0.6) is 0 Å². The first-order chi connectivity index (χ1) is 13.9. The average Bonchev–Trinajstić information content (AvgIpc) is 3.25. The summed E-state index contributed by atoms with van der Waals surface area (Å²) in [6.07, 6.45) is 0.259. The van der Waals surface area contributed by atoms with Gasteiger partial charge in [-0.2, -0.15) is 0 Å². The molecule has 0 aliphatic heterocycles. The lowest BCUT2D eigenvalue weighted by molar-refractivity contribution is -0.112. The van der Waals surface area contributed by atoms with E-state index < -0.39 is 11.7 Å². The summed E-state index contributed by atoms with van der Waals surface area (Å²) >= 11 is 1.11. The van der Waals surface area contributed by atoms with Crippen molar-refractivity contribution in [3.05, 3.63) is 63.7 Å². The van der Waals surface area contributed by atoms with Crippen molar-refractivity contribution in [3.8, 4) is 0 Å². The summed E-state index contributed by atoms with van der Waals surface area (Å²) in [5, 5.41) is 11.1. The number of ether oxygens (including phenoxy) is 1. The number of hydrogen-bond acceptors (Lipinski definition) is 6. The third-order valence-corrected chi connectivity index (χ3v) is 5.37. The molecular formula is C20H21FN4O3S. The fraction of sp³-hybridized carbons (Fsp3) is 0.300. The van der Waals surface area contributed by atoms with E-state index in [4.69, 9.17) is 4.74 Å². The van der Waals surface area contributed by atoms with E-state index in [1.807, 2.05) is 11.5 Å². The van der Waals surface area contributed by atoms with Crippen molar-refractivity contribution in [1.29, 1.82) is 0 Å². The van der Waals surface area contributed by atoms with Crippen LogP contribution in [0.2, 0.25) is 0 Å². The van der Waals surface area contributed by atoms with Crippen LogP contribution in [0.3, 0.4) is 0 Å². The molecule has 0 atom stereocenters. The number of rotatable bonds is 8. The van der Waals surface area contributed by atoms with Crippen molar-refractivity contribution < 1.29 is 18.7 Å². The van der Waals surface area contributed by atoms with Crippen molar-refractivity contribution in [1.82, 2.24) is 14.8 Å². The van der Waals surface area contributed by atoms with Crippen LogP contribution >= 0.6 is 11.3 Å². The molecule has 0 fully saturated rings. The summed E-state index contributed by atoms with van der Waals surface area (Å²) in [7, 11) is 1.61. The highest BCUT2D eigenvalue weighted by Crippen LogP contribution is 2.21. The smallest absolute Gasteiger partial charge is 0.298 e. The van der Waals surface area contributed by atoms with Crippen molar-refractivity contribution in [3.63, 3.8) is 0 Å². The second kappa shape index (κ2) is 9.06. The maximum Gasteiger partial charge on any atom is 0.298 e. The number of amides is 1. The molecule has 7 nitrogen and oxygen atoms in total. The third-order valence-electron chi connectivity index (χ3n) is 4.53. The predicted octanol–water partition coefficient (Wildman–Crippen LogP) is 3.15. The van der Waals surface area contributed by atoms with Gasteiger partial charge < -0.3 is 9.30 Å². The first-order valence-electron chi connectivity index (χ1n) is 8.97. The Hall–Kier alpha value is -2.91. The normalized spacial score (nSPS) is 10.9. The number of methoxy groups -OCH3 is 1. The van der Waals surface area contributed by atoms with E-state index in [1.165, 1.54) is 6.07 Å². The fourth-order valence-electron chi connectivity index (χ4n) is 3.01. The predicted molar refractivity (Wildman–Crippen MR) is 108 cm³/mol. The zero-order chi connectivity index (χ0) is 21.0. The second-order valence-electron chi connectivity index (χ2n) is 6.48. The molecule has 0 aliphatic carbocycles. The van der Waals surface area contributed by atoms with Crippen molar-refractivity contribution in [2.45, 2.75) is 26.8 Å². The number of Topliss-reactive ketones (excluding diaryl/α,β-unsaturated/α-hetero) is 1. The van der Waals surface area contributed by atoms with E-state index >= 15 is 0 Å². The van der Waals surface area contributed by atoms with Gasteiger partial charge in [0.15, 0.2) is 0 Å². The highest BCUT2D eigenvalue weighted by Gasteiger charge is 2.23. The standard InChI is InChI=1S/C20H21FN4O3S/c1-12-10-15(13(2)25(12)8-9-28-3)18(26)19(27)22-20-24-23-17(29-20)11-14-6-4-5-7-16(14)21/h4-7,10H,8-9,11H2,1-3H3,(H,22,24,27). The van der Waals surface area contributed by atoms with E-state index in [1.54, 1.807) is 38.3 Å². The van der Waals surface area contributed by atoms with Gasteiger partial charge in [-0.1, -0.05) is 29.5 Å². The summed E-state index contributed by atoms with van der Waals surface area (Å²) in [6.45, 7) is 4.77. The molecule has 3 rings (SSSR count). The molecule has 0 radical (unpaired) electrons. The Morgan fingerprint density at radius 3 is 2.72 bits per heavy atom. The quantitative estimate of drug-likeness (QED) is 0.450. The SMILES string of the molecule is COCCn1c(C)cc(C(=O)C(=O)Nc2nnc(Cc3ccccc3F)s2)c1C. The number of benzene rings is 1. The molecule has 0 saturated carbocycles. The van der Waals surface area contributed by atoms with Crippen LogP contribution in [-0.2, 0) is 22.5 Å². The molecule has 0 unspecified atom stereocenters. The Morgan fingerprint density at radius 1 is 1.24 bits per heavy atom. The van der Waals surface area contributed by atoms with Crippen molar-refractivity contribution >= 4 is 28.2 Å². The molecule has 9 heteroatoms. The summed E-state index contributed by atoms with van der Waals surface area (Å²) in [6, 6.07) is 8.08. The highest BCUT2D eigenvalue weighted by atomic mass is 32.1. The van der Waals surface area contributed by atoms with Gasteiger partial charge in [0.1, 0.15) is 10.8 Å². The van der Waals surface area contributed by atoms with Gasteiger partial charge in [-0.25, -0.2) is 4.39 Å². The summed E-state index contributed by atoms with van der Waals surface area (Å²) in [5.74, 6) is -1.76. The number of anilines is 1. The molecule has 2 aromatic heterocycles. The zero-order valence-electron chi connectivity index (χ0n) is 16.4. The molecular weight excluding hydrogens is 395 g/mol. The number of hydrogen-bond donors (Lipinski definition) is 1. The lowest BCUT2D eigenvalue weighted by atomic mass is 10.1. The van der Waals surface area contributed by atoms with Gasteiger partial charge in [-0.3, -0.25) is 14.9 Å². The maximum atomic E-state index is 13.8. The van der Waals surface area contributed by atoms with Crippen LogP contribution in [0.4, 0.5) is 9.52 Å². The third kappa shape index (κ3) is 4.75. The first kappa shape index (κ1) is 20.8. The Kier molecular flexibility index (Phi) is 6.50. The molecule has 0 saturated heterocycles. The minimum atomic E-state index is -0.786. The van der Waals surface area contributed by atoms with Gasteiger partial charge in [0.05, 0.1) is 6.61 Å². The van der Waals surface area contributed by atoms with Crippen LogP contribution in [-0.4, -0.2) is 40.2 Å². The molecule has 0 aliphatic rings. The molecule has 1 N–H and O–H groups in total. The summed E-state index contributed by atoms with van der Waals surface area (Å²) < 4.78 is 20.8. The van der Waals surface area contributed by atoms with Gasteiger partial charge in [-0.15, -0.1) is 10.2 Å². The Balaban J connectivity index is 1.69. The number of aromatic nitrogens is 3. The van der Waals surface area contributed by atoms with Crippen LogP contribution in [0.1, 0.15) is 32.3 Å². The number of carbonyl (C=O) groups is 2. The number of halogens is 1. The summed E-state index contributed by atoms with van der Waals surface area (Å²) in [5.41, 5.74) is 2.41. The Labute approximate surface area is 171 Å². The lowest BCUT2D eigenvalue weighted by Gasteiger charge is -2.08. The van der Waals surface area contributed by atoms with Crippen molar-refractivity contribution in [2.75, 3.05) is 19.0 Å².